The van der Waals surface area contributed by atoms with Gasteiger partial charge in [-0.1, -0.05) is 19.3 Å². The molecule has 3 nitrogen and oxygen atoms in total. The van der Waals surface area contributed by atoms with Crippen LogP contribution in [0.4, 0.5) is 0 Å². The van der Waals surface area contributed by atoms with Crippen LogP contribution in [0, 0.1) is 11.8 Å². The summed E-state index contributed by atoms with van der Waals surface area (Å²) in [6, 6.07) is 0. The van der Waals surface area contributed by atoms with E-state index in [9.17, 15) is 5.11 Å². The van der Waals surface area contributed by atoms with E-state index < -0.39 is 0 Å². The lowest BCUT2D eigenvalue weighted by Gasteiger charge is -2.65. The first-order chi connectivity index (χ1) is 9.92. The number of aliphatic hydroxyl groups is 1. The van der Waals surface area contributed by atoms with Crippen molar-refractivity contribution in [3.63, 3.8) is 0 Å². The minimum Gasteiger partial charge on any atom is -0.396 e. The predicted octanol–water partition coefficient (Wildman–Crippen LogP) is 3.38. The summed E-state index contributed by atoms with van der Waals surface area (Å²) in [6.07, 6.45) is 11.9. The highest BCUT2D eigenvalue weighted by molar-refractivity contribution is 5.15. The molecule has 3 N–H and O–H groups in total. The third kappa shape index (κ3) is 2.66. The maximum Gasteiger partial charge on any atom is 0.0735 e. The molecule has 0 radical (unpaired) electrons. The number of hydrogen-bond donors (Lipinski definition) is 2. The summed E-state index contributed by atoms with van der Waals surface area (Å²) in [5.41, 5.74) is 6.67. The Bertz CT molecular complexity index is 377. The van der Waals surface area contributed by atoms with E-state index >= 15 is 0 Å². The summed E-state index contributed by atoms with van der Waals surface area (Å²) in [5.74, 6) is 1.13. The van der Waals surface area contributed by atoms with Gasteiger partial charge in [-0.3, -0.25) is 0 Å². The van der Waals surface area contributed by atoms with Crippen molar-refractivity contribution in [2.24, 2.45) is 17.6 Å². The zero-order chi connectivity index (χ0) is 15.1. The van der Waals surface area contributed by atoms with Gasteiger partial charge < -0.3 is 15.6 Å². The number of rotatable bonds is 4. The Morgan fingerprint density at radius 3 is 2.48 bits per heavy atom. The lowest BCUT2D eigenvalue weighted by molar-refractivity contribution is -0.285. The second kappa shape index (κ2) is 5.50. The zero-order valence-corrected chi connectivity index (χ0v) is 13.9. The number of hydrogen-bond acceptors (Lipinski definition) is 3. The molecule has 21 heavy (non-hydrogen) atoms. The molecule has 0 unspecified atom stereocenters. The van der Waals surface area contributed by atoms with E-state index in [4.69, 9.17) is 10.5 Å². The topological polar surface area (TPSA) is 55.5 Å². The number of aliphatic hydroxyl groups excluding tert-OH is 1. The summed E-state index contributed by atoms with van der Waals surface area (Å²) in [4.78, 5) is 0. The van der Waals surface area contributed by atoms with Gasteiger partial charge in [-0.05, 0) is 64.7 Å². The van der Waals surface area contributed by atoms with Gasteiger partial charge in [-0.25, -0.2) is 0 Å². The molecule has 2 heterocycles. The fraction of sp³-hybridized carbons (Fsp3) is 1.00. The summed E-state index contributed by atoms with van der Waals surface area (Å²) in [5, 5.41) is 9.24. The van der Waals surface area contributed by atoms with Crippen LogP contribution in [0.3, 0.4) is 0 Å². The first-order valence-corrected chi connectivity index (χ1v) is 9.02. The Morgan fingerprint density at radius 1 is 1.14 bits per heavy atom. The molecule has 2 saturated carbocycles. The van der Waals surface area contributed by atoms with E-state index in [1.54, 1.807) is 0 Å². The fourth-order valence-corrected chi connectivity index (χ4v) is 5.90. The molecule has 0 aromatic rings. The van der Waals surface area contributed by atoms with Crippen molar-refractivity contribution >= 4 is 0 Å². The van der Waals surface area contributed by atoms with Crippen molar-refractivity contribution in [1.82, 2.24) is 0 Å². The maximum atomic E-state index is 9.24. The van der Waals surface area contributed by atoms with E-state index in [-0.39, 0.29) is 23.3 Å². The minimum atomic E-state index is -0.139. The van der Waals surface area contributed by atoms with Gasteiger partial charge in [0.05, 0.1) is 11.2 Å². The second-order valence-electron chi connectivity index (χ2n) is 8.43. The van der Waals surface area contributed by atoms with Crippen LogP contribution >= 0.6 is 0 Å². The van der Waals surface area contributed by atoms with Crippen LogP contribution in [0.15, 0.2) is 0 Å². The predicted molar refractivity (Wildman–Crippen MR) is 85.0 cm³/mol. The van der Waals surface area contributed by atoms with Crippen molar-refractivity contribution in [3.05, 3.63) is 0 Å². The molecule has 4 fully saturated rings. The van der Waals surface area contributed by atoms with Crippen LogP contribution in [0.5, 0.6) is 0 Å². The molecule has 2 aliphatic carbocycles. The van der Waals surface area contributed by atoms with Gasteiger partial charge in [0.15, 0.2) is 0 Å². The zero-order valence-electron chi connectivity index (χ0n) is 13.9. The highest BCUT2D eigenvalue weighted by atomic mass is 16.5. The largest absolute Gasteiger partial charge is 0.396 e. The van der Waals surface area contributed by atoms with Gasteiger partial charge in [0.25, 0.3) is 0 Å². The molecular formula is C18H33NO2. The Kier molecular flexibility index (Phi) is 4.13. The average molecular weight is 295 g/mol. The van der Waals surface area contributed by atoms with Gasteiger partial charge in [-0.2, -0.15) is 0 Å². The van der Waals surface area contributed by atoms with Crippen molar-refractivity contribution in [3.8, 4) is 0 Å². The molecule has 4 aliphatic rings. The number of ether oxygens (including phenoxy) is 1. The van der Waals surface area contributed by atoms with E-state index in [0.29, 0.717) is 11.8 Å². The van der Waals surface area contributed by atoms with E-state index in [2.05, 4.69) is 13.8 Å². The van der Waals surface area contributed by atoms with Gasteiger partial charge in [-0.15, -0.1) is 0 Å². The highest BCUT2D eigenvalue weighted by Crippen LogP contribution is 2.59. The summed E-state index contributed by atoms with van der Waals surface area (Å²) < 4.78 is 6.73. The van der Waals surface area contributed by atoms with E-state index in [1.165, 1.54) is 44.9 Å². The van der Waals surface area contributed by atoms with Crippen molar-refractivity contribution < 1.29 is 9.84 Å². The molecule has 2 saturated heterocycles. The third-order valence-electron chi connectivity index (χ3n) is 6.63. The van der Waals surface area contributed by atoms with Gasteiger partial charge in [0.2, 0.25) is 0 Å². The van der Waals surface area contributed by atoms with Crippen LogP contribution in [0.2, 0.25) is 0 Å². The van der Waals surface area contributed by atoms with E-state index in [0.717, 1.165) is 19.3 Å². The molecule has 3 heteroatoms. The summed E-state index contributed by atoms with van der Waals surface area (Å²) in [6.45, 7) is 4.74. The average Bonchev–Trinajstić information content (AvgIpc) is 2.45. The molecule has 3 atom stereocenters. The van der Waals surface area contributed by atoms with Gasteiger partial charge in [0, 0.05) is 18.1 Å². The highest BCUT2D eigenvalue weighted by Gasteiger charge is 2.62. The minimum absolute atomic E-state index is 0.0167. The third-order valence-corrected chi connectivity index (χ3v) is 6.63. The molecule has 0 spiro atoms. The fourth-order valence-electron chi connectivity index (χ4n) is 5.90. The van der Waals surface area contributed by atoms with Crippen LogP contribution in [-0.2, 0) is 4.74 Å². The normalized spacial score (nSPS) is 43.1. The Morgan fingerprint density at radius 2 is 1.86 bits per heavy atom. The van der Waals surface area contributed by atoms with Crippen LogP contribution in [-0.4, -0.2) is 28.5 Å². The van der Waals surface area contributed by atoms with Crippen LogP contribution < -0.4 is 5.73 Å². The molecule has 2 aliphatic heterocycles. The Balaban J connectivity index is 1.87. The van der Waals surface area contributed by atoms with Gasteiger partial charge in [0.1, 0.15) is 0 Å². The van der Waals surface area contributed by atoms with Crippen molar-refractivity contribution in [2.45, 2.75) is 94.8 Å². The molecule has 122 valence electrons. The van der Waals surface area contributed by atoms with Crippen molar-refractivity contribution in [1.29, 1.82) is 0 Å². The molecule has 0 aromatic heterocycles. The molecule has 2 bridgehead atoms. The molecular weight excluding hydrogens is 262 g/mol. The number of fused-ring (bicyclic) bond motifs is 3. The SMILES string of the molecule is CC1(C)O[C@@]2(C3CCCCC3)CC[C@@H]1[C@](N)(CCCO)C2. The molecule has 4 rings (SSSR count). The monoisotopic (exact) mass is 295 g/mol. The summed E-state index contributed by atoms with van der Waals surface area (Å²) in [7, 11) is 0. The van der Waals surface area contributed by atoms with Crippen LogP contribution in [0.1, 0.15) is 78.1 Å². The van der Waals surface area contributed by atoms with Crippen LogP contribution in [0.25, 0.3) is 0 Å². The standard InChI is InChI=1S/C18H33NO2/c1-16(2)15-9-11-18(21-16,14-7-4-3-5-8-14)13-17(15,19)10-6-12-20/h14-15,20H,3-13,19H2,1-2H3/t15-,17-,18-/m0/s1. The summed E-state index contributed by atoms with van der Waals surface area (Å²) >= 11 is 0. The Hall–Kier alpha value is -0.120. The molecule has 0 aromatic carbocycles. The first-order valence-electron chi connectivity index (χ1n) is 9.02. The lowest BCUT2D eigenvalue weighted by atomic mass is 9.53. The first kappa shape index (κ1) is 15.8. The maximum absolute atomic E-state index is 9.24. The van der Waals surface area contributed by atoms with E-state index in [1.807, 2.05) is 0 Å². The lowest BCUT2D eigenvalue weighted by Crippen LogP contribution is -2.71. The quantitative estimate of drug-likeness (QED) is 0.836. The second-order valence-corrected chi connectivity index (χ2v) is 8.43. The van der Waals surface area contributed by atoms with Gasteiger partial charge >= 0.3 is 0 Å². The number of nitrogens with two attached hydrogens (primary N) is 1. The Labute approximate surface area is 129 Å². The smallest absolute Gasteiger partial charge is 0.0735 e. The van der Waals surface area contributed by atoms with Crippen molar-refractivity contribution in [2.75, 3.05) is 6.61 Å². The molecule has 0 amide bonds.